The first-order valence-electron chi connectivity index (χ1n) is 5.79. The van der Waals surface area contributed by atoms with Gasteiger partial charge in [-0.25, -0.2) is 9.50 Å². The summed E-state index contributed by atoms with van der Waals surface area (Å²) in [5.41, 5.74) is -1.16. The van der Waals surface area contributed by atoms with E-state index in [1.54, 1.807) is 6.92 Å². The van der Waals surface area contributed by atoms with Gasteiger partial charge in [0.25, 0.3) is 0 Å². The van der Waals surface area contributed by atoms with Crippen LogP contribution in [0, 0.1) is 6.92 Å². The molecule has 3 nitrogen and oxygen atoms in total. The Balaban J connectivity index is 2.83. The largest absolute Gasteiger partial charge is 0.399 e. The summed E-state index contributed by atoms with van der Waals surface area (Å²) < 4.78 is 41.4. The third-order valence-corrected chi connectivity index (χ3v) is 3.68. The number of fused-ring (bicyclic) bond motifs is 1. The number of hydrogen-bond donors (Lipinski definition) is 0. The molecule has 1 atom stereocenters. The molecule has 0 saturated heterocycles. The molecule has 0 aliphatic rings. The van der Waals surface area contributed by atoms with Crippen molar-refractivity contribution in [3.05, 3.63) is 28.7 Å². The first-order valence-corrected chi connectivity index (χ1v) is 6.16. The van der Waals surface area contributed by atoms with E-state index in [0.717, 1.165) is 0 Å². The molecule has 19 heavy (non-hydrogen) atoms. The lowest BCUT2D eigenvalue weighted by Gasteiger charge is -2.32. The number of alkyl halides is 3. The van der Waals surface area contributed by atoms with Crippen LogP contribution < -0.4 is 0 Å². The molecular weight excluding hydrogens is 279 g/mol. The van der Waals surface area contributed by atoms with E-state index in [2.05, 4.69) is 10.1 Å². The van der Waals surface area contributed by atoms with Crippen LogP contribution in [0.15, 0.2) is 12.3 Å². The molecule has 2 aromatic rings. The van der Waals surface area contributed by atoms with Gasteiger partial charge >= 0.3 is 6.18 Å². The zero-order chi connectivity index (χ0) is 14.4. The number of nitrogens with zero attached hydrogens (tertiary/aromatic N) is 3. The molecule has 7 heteroatoms. The molecule has 104 valence electrons. The van der Waals surface area contributed by atoms with Gasteiger partial charge in [-0.05, 0) is 25.8 Å². The second-order valence-corrected chi connectivity index (χ2v) is 5.10. The minimum Gasteiger partial charge on any atom is -0.237 e. The average Bonchev–Trinajstić information content (AvgIpc) is 2.66. The first kappa shape index (κ1) is 14.1. The molecule has 2 rings (SSSR count). The molecule has 0 spiro atoms. The number of rotatable bonds is 2. The Bertz CT molecular complexity index is 620. The van der Waals surface area contributed by atoms with E-state index in [1.807, 2.05) is 0 Å². The topological polar surface area (TPSA) is 30.2 Å². The van der Waals surface area contributed by atoms with E-state index in [4.69, 9.17) is 11.6 Å². The number of halogens is 4. The maximum absolute atomic E-state index is 13.4. The highest BCUT2D eigenvalue weighted by Crippen LogP contribution is 2.44. The van der Waals surface area contributed by atoms with Crippen molar-refractivity contribution < 1.29 is 13.2 Å². The first-order chi connectivity index (χ1) is 8.70. The highest BCUT2D eigenvalue weighted by atomic mass is 35.5. The van der Waals surface area contributed by atoms with E-state index in [-0.39, 0.29) is 17.3 Å². The molecule has 0 bridgehead atoms. The quantitative estimate of drug-likeness (QED) is 0.839. The summed E-state index contributed by atoms with van der Waals surface area (Å²) in [6, 6.07) is 1.44. The van der Waals surface area contributed by atoms with Crippen molar-refractivity contribution in [1.29, 1.82) is 0 Å². The van der Waals surface area contributed by atoms with Crippen molar-refractivity contribution in [2.24, 2.45) is 0 Å². The fourth-order valence-corrected chi connectivity index (χ4v) is 2.34. The number of aryl methyl sites for hydroxylation is 1. The van der Waals surface area contributed by atoms with Crippen LogP contribution in [0.1, 0.15) is 31.5 Å². The minimum absolute atomic E-state index is 0.0828. The molecular formula is C12H13ClF3N3. The van der Waals surface area contributed by atoms with Crippen LogP contribution in [-0.4, -0.2) is 20.8 Å². The van der Waals surface area contributed by atoms with E-state index in [1.165, 1.54) is 30.6 Å². The molecule has 0 radical (unpaired) electrons. The highest BCUT2D eigenvalue weighted by molar-refractivity contribution is 6.29. The molecule has 0 aliphatic carbocycles. The van der Waals surface area contributed by atoms with Crippen LogP contribution in [0.2, 0.25) is 5.15 Å². The molecule has 0 amide bonds. The molecule has 0 fully saturated rings. The lowest BCUT2D eigenvalue weighted by atomic mass is 9.81. The van der Waals surface area contributed by atoms with E-state index < -0.39 is 11.6 Å². The summed E-state index contributed by atoms with van der Waals surface area (Å²) in [6.07, 6.45) is -3.05. The molecule has 2 heterocycles. The van der Waals surface area contributed by atoms with Crippen LogP contribution in [0.4, 0.5) is 13.2 Å². The summed E-state index contributed by atoms with van der Waals surface area (Å²) in [6.45, 7) is 4.27. The van der Waals surface area contributed by atoms with Crippen LogP contribution >= 0.6 is 11.6 Å². The third kappa shape index (κ3) is 2.08. The Morgan fingerprint density at radius 1 is 1.37 bits per heavy atom. The maximum atomic E-state index is 13.4. The molecule has 0 N–H and O–H groups in total. The van der Waals surface area contributed by atoms with E-state index in [9.17, 15) is 13.2 Å². The molecule has 0 unspecified atom stereocenters. The average molecular weight is 292 g/mol. The summed E-state index contributed by atoms with van der Waals surface area (Å²) in [7, 11) is 0. The predicted octanol–water partition coefficient (Wildman–Crippen LogP) is 3.92. The smallest absolute Gasteiger partial charge is 0.237 e. The summed E-state index contributed by atoms with van der Waals surface area (Å²) in [5, 5.41) is 4.05. The summed E-state index contributed by atoms with van der Waals surface area (Å²) in [4.78, 5) is 4.04. The van der Waals surface area contributed by atoms with Gasteiger partial charge in [0.2, 0.25) is 0 Å². The van der Waals surface area contributed by atoms with Gasteiger partial charge < -0.3 is 0 Å². The molecule has 0 aliphatic heterocycles. The fraction of sp³-hybridized carbons (Fsp3) is 0.500. The number of aromatic nitrogens is 3. The van der Waals surface area contributed by atoms with Crippen LogP contribution in [0.5, 0.6) is 0 Å². The lowest BCUT2D eigenvalue weighted by Crippen LogP contribution is -2.41. The van der Waals surface area contributed by atoms with Gasteiger partial charge in [-0.1, -0.05) is 18.5 Å². The van der Waals surface area contributed by atoms with Crippen LogP contribution in [0.25, 0.3) is 5.65 Å². The van der Waals surface area contributed by atoms with Gasteiger partial charge in [-0.3, -0.25) is 0 Å². The van der Waals surface area contributed by atoms with Gasteiger partial charge in [0, 0.05) is 12.3 Å². The van der Waals surface area contributed by atoms with Gasteiger partial charge in [-0.15, -0.1) is 0 Å². The normalized spacial score (nSPS) is 15.7. The second-order valence-electron chi connectivity index (χ2n) is 4.71. The Hall–Kier alpha value is -1.30. The molecule has 2 aromatic heterocycles. The Labute approximate surface area is 113 Å². The Morgan fingerprint density at radius 2 is 2.00 bits per heavy atom. The highest BCUT2D eigenvalue weighted by Gasteiger charge is 2.53. The van der Waals surface area contributed by atoms with Crippen molar-refractivity contribution in [1.82, 2.24) is 14.6 Å². The van der Waals surface area contributed by atoms with Crippen molar-refractivity contribution in [3.63, 3.8) is 0 Å². The zero-order valence-corrected chi connectivity index (χ0v) is 11.5. The molecule has 0 saturated carbocycles. The predicted molar refractivity (Wildman–Crippen MR) is 66.4 cm³/mol. The van der Waals surface area contributed by atoms with Crippen molar-refractivity contribution in [3.8, 4) is 0 Å². The summed E-state index contributed by atoms with van der Waals surface area (Å²) >= 11 is 5.76. The SMILES string of the molecule is CC[C@](C)(c1c(C)cnc2cc(Cl)nn12)C(F)(F)F. The standard InChI is InChI=1S/C12H13ClF3N3/c1-4-11(3,12(14,15)16)10-7(2)6-17-9-5-8(13)18-19(9)10/h5-6H,4H2,1-3H3/t11-/m1/s1. The molecule has 0 aromatic carbocycles. The minimum atomic E-state index is -4.38. The monoisotopic (exact) mass is 291 g/mol. The van der Waals surface area contributed by atoms with Crippen molar-refractivity contribution >= 4 is 17.2 Å². The Kier molecular flexibility index (Phi) is 3.24. The van der Waals surface area contributed by atoms with E-state index >= 15 is 0 Å². The second kappa shape index (κ2) is 4.37. The van der Waals surface area contributed by atoms with E-state index in [0.29, 0.717) is 11.2 Å². The van der Waals surface area contributed by atoms with Gasteiger partial charge in [0.15, 0.2) is 10.8 Å². The number of hydrogen-bond acceptors (Lipinski definition) is 2. The van der Waals surface area contributed by atoms with Gasteiger partial charge in [0.05, 0.1) is 5.69 Å². The van der Waals surface area contributed by atoms with Gasteiger partial charge in [0.1, 0.15) is 5.41 Å². The summed E-state index contributed by atoms with van der Waals surface area (Å²) in [5.74, 6) is 0. The van der Waals surface area contributed by atoms with Crippen LogP contribution in [-0.2, 0) is 5.41 Å². The van der Waals surface area contributed by atoms with Crippen LogP contribution in [0.3, 0.4) is 0 Å². The fourth-order valence-electron chi connectivity index (χ4n) is 2.16. The Morgan fingerprint density at radius 3 is 2.53 bits per heavy atom. The third-order valence-electron chi connectivity index (χ3n) is 3.49. The van der Waals surface area contributed by atoms with Gasteiger partial charge in [-0.2, -0.15) is 18.3 Å². The lowest BCUT2D eigenvalue weighted by molar-refractivity contribution is -0.188. The maximum Gasteiger partial charge on any atom is 0.399 e. The van der Waals surface area contributed by atoms with Crippen molar-refractivity contribution in [2.45, 2.75) is 38.8 Å². The zero-order valence-electron chi connectivity index (χ0n) is 10.7. The van der Waals surface area contributed by atoms with Crippen molar-refractivity contribution in [2.75, 3.05) is 0 Å².